The van der Waals surface area contributed by atoms with Crippen molar-refractivity contribution in [2.45, 2.75) is 13.0 Å². The first-order valence-electron chi connectivity index (χ1n) is 10.1. The Morgan fingerprint density at radius 1 is 1.26 bits per heavy atom. The van der Waals surface area contributed by atoms with Crippen molar-refractivity contribution >= 4 is 44.7 Å². The Morgan fingerprint density at radius 3 is 2.74 bits per heavy atom. The summed E-state index contributed by atoms with van der Waals surface area (Å²) in [6.07, 6.45) is -0.580. The monoisotopic (exact) mass is 460 g/mol. The standard InChI is InChI=1S/C22H25ClN4O3S/c1-14-25-20-11-17(3-5-21(20)31-14)30-13-16(28)12-26-6-8-27(9-7-26)15-2-4-18(22(24)29)19(23)10-15/h2-5,10-11,16,28H,6-9,12-13H2,1H3,(H2,24,29). The number of nitrogens with two attached hydrogens (primary N) is 1. The molecule has 9 heteroatoms. The largest absolute Gasteiger partial charge is 0.491 e. The van der Waals surface area contributed by atoms with Crippen LogP contribution >= 0.6 is 22.9 Å². The van der Waals surface area contributed by atoms with Gasteiger partial charge in [-0.15, -0.1) is 11.3 Å². The van der Waals surface area contributed by atoms with Gasteiger partial charge in [0.05, 0.1) is 25.8 Å². The lowest BCUT2D eigenvalue weighted by Crippen LogP contribution is -2.49. The van der Waals surface area contributed by atoms with Gasteiger partial charge >= 0.3 is 0 Å². The lowest BCUT2D eigenvalue weighted by molar-refractivity contribution is 0.0663. The minimum atomic E-state index is -0.580. The highest BCUT2D eigenvalue weighted by Crippen LogP contribution is 2.26. The number of benzene rings is 2. The maximum absolute atomic E-state index is 11.3. The van der Waals surface area contributed by atoms with E-state index in [1.807, 2.05) is 31.2 Å². The number of aliphatic hydroxyl groups excluding tert-OH is 1. The molecule has 0 bridgehead atoms. The third-order valence-corrected chi connectivity index (χ3v) is 6.60. The van der Waals surface area contributed by atoms with Gasteiger partial charge in [0.1, 0.15) is 18.5 Å². The number of halogens is 1. The number of β-amino-alcohol motifs (C(OH)–C–C–N with tert-alkyl or cyclic N) is 1. The first-order valence-corrected chi connectivity index (χ1v) is 11.3. The van der Waals surface area contributed by atoms with E-state index in [-0.39, 0.29) is 6.61 Å². The molecule has 1 aliphatic rings. The van der Waals surface area contributed by atoms with Crippen LogP contribution in [0.15, 0.2) is 36.4 Å². The minimum absolute atomic E-state index is 0.235. The molecule has 2 heterocycles. The molecule has 0 radical (unpaired) electrons. The molecule has 2 aromatic carbocycles. The zero-order chi connectivity index (χ0) is 22.0. The van der Waals surface area contributed by atoms with Crippen LogP contribution in [0.1, 0.15) is 15.4 Å². The van der Waals surface area contributed by atoms with Crippen molar-refractivity contribution in [3.05, 3.63) is 52.0 Å². The van der Waals surface area contributed by atoms with Crippen molar-refractivity contribution in [2.75, 3.05) is 44.2 Å². The SMILES string of the molecule is Cc1nc2cc(OCC(O)CN3CCN(c4ccc(C(N)=O)c(Cl)c4)CC3)ccc2s1. The minimum Gasteiger partial charge on any atom is -0.491 e. The summed E-state index contributed by atoms with van der Waals surface area (Å²) in [5.41, 5.74) is 7.53. The number of amides is 1. The van der Waals surface area contributed by atoms with Crippen LogP contribution in [0.25, 0.3) is 10.2 Å². The second-order valence-electron chi connectivity index (χ2n) is 7.64. The van der Waals surface area contributed by atoms with E-state index in [2.05, 4.69) is 14.8 Å². The number of aromatic nitrogens is 1. The van der Waals surface area contributed by atoms with Gasteiger partial charge in [-0.25, -0.2) is 4.98 Å². The van der Waals surface area contributed by atoms with E-state index in [1.54, 1.807) is 23.5 Å². The second-order valence-corrected chi connectivity index (χ2v) is 9.29. The van der Waals surface area contributed by atoms with Gasteiger partial charge in [-0.05, 0) is 37.3 Å². The lowest BCUT2D eigenvalue weighted by atomic mass is 10.1. The summed E-state index contributed by atoms with van der Waals surface area (Å²) in [4.78, 5) is 20.2. The van der Waals surface area contributed by atoms with Crippen LogP contribution in [0.5, 0.6) is 5.75 Å². The zero-order valence-corrected chi connectivity index (χ0v) is 18.8. The van der Waals surface area contributed by atoms with Crippen molar-refractivity contribution in [1.82, 2.24) is 9.88 Å². The number of rotatable bonds is 7. The highest BCUT2D eigenvalue weighted by molar-refractivity contribution is 7.18. The maximum Gasteiger partial charge on any atom is 0.250 e. The van der Waals surface area contributed by atoms with Crippen LogP contribution in [-0.4, -0.2) is 66.3 Å². The molecule has 1 aliphatic heterocycles. The number of ether oxygens (including phenoxy) is 1. The molecule has 164 valence electrons. The van der Waals surface area contributed by atoms with E-state index in [0.29, 0.717) is 17.1 Å². The number of carbonyl (C=O) groups is 1. The number of hydrogen-bond donors (Lipinski definition) is 2. The number of primary amides is 1. The third kappa shape index (κ3) is 5.27. The molecule has 4 rings (SSSR count). The molecule has 31 heavy (non-hydrogen) atoms. The highest BCUT2D eigenvalue weighted by atomic mass is 35.5. The summed E-state index contributed by atoms with van der Waals surface area (Å²) in [5.74, 6) is 0.192. The van der Waals surface area contributed by atoms with Crippen LogP contribution < -0.4 is 15.4 Å². The Morgan fingerprint density at radius 2 is 2.03 bits per heavy atom. The molecule has 3 N–H and O–H groups in total. The van der Waals surface area contributed by atoms with Gasteiger partial charge in [0.25, 0.3) is 0 Å². The van der Waals surface area contributed by atoms with Crippen LogP contribution in [0.2, 0.25) is 5.02 Å². The first-order chi connectivity index (χ1) is 14.9. The lowest BCUT2D eigenvalue weighted by Gasteiger charge is -2.37. The van der Waals surface area contributed by atoms with Gasteiger partial charge in [-0.3, -0.25) is 9.69 Å². The molecule has 0 aliphatic carbocycles. The molecular weight excluding hydrogens is 436 g/mol. The number of nitrogens with zero attached hydrogens (tertiary/aromatic N) is 3. The Kier molecular flexibility index (Phi) is 6.62. The van der Waals surface area contributed by atoms with Crippen LogP contribution in [0.3, 0.4) is 0 Å². The smallest absolute Gasteiger partial charge is 0.250 e. The average molecular weight is 461 g/mol. The van der Waals surface area contributed by atoms with Crippen molar-refractivity contribution in [2.24, 2.45) is 5.73 Å². The number of aliphatic hydroxyl groups is 1. The van der Waals surface area contributed by atoms with Gasteiger partial charge in [0.15, 0.2) is 0 Å². The van der Waals surface area contributed by atoms with Crippen LogP contribution in [0.4, 0.5) is 5.69 Å². The number of fused-ring (bicyclic) bond motifs is 1. The number of aryl methyl sites for hydroxylation is 1. The molecule has 1 unspecified atom stereocenters. The Bertz CT molecular complexity index is 1080. The van der Waals surface area contributed by atoms with Crippen molar-refractivity contribution in [3.8, 4) is 5.75 Å². The van der Waals surface area contributed by atoms with Gasteiger partial charge in [-0.1, -0.05) is 11.6 Å². The van der Waals surface area contributed by atoms with Crippen LogP contribution in [-0.2, 0) is 0 Å². The molecule has 0 saturated carbocycles. The Labute approximate surface area is 190 Å². The van der Waals surface area contributed by atoms with Gasteiger partial charge in [0, 0.05) is 44.5 Å². The predicted octanol–water partition coefficient (Wildman–Crippen LogP) is 2.92. The van der Waals surface area contributed by atoms with Crippen molar-refractivity contribution in [1.29, 1.82) is 0 Å². The Hall–Kier alpha value is -2.39. The average Bonchev–Trinajstić information content (AvgIpc) is 3.11. The topological polar surface area (TPSA) is 91.9 Å². The van der Waals surface area contributed by atoms with Crippen LogP contribution in [0, 0.1) is 6.92 Å². The second kappa shape index (κ2) is 9.40. The van der Waals surface area contributed by atoms with E-state index in [4.69, 9.17) is 22.1 Å². The number of thiazole rings is 1. The fraction of sp³-hybridized carbons (Fsp3) is 0.364. The summed E-state index contributed by atoms with van der Waals surface area (Å²) in [7, 11) is 0. The third-order valence-electron chi connectivity index (χ3n) is 5.33. The quantitative estimate of drug-likeness (QED) is 0.563. The fourth-order valence-corrected chi connectivity index (χ4v) is 4.82. The first kappa shape index (κ1) is 21.8. The number of hydrogen-bond acceptors (Lipinski definition) is 7. The number of carbonyl (C=O) groups excluding carboxylic acids is 1. The number of piperazine rings is 1. The van der Waals surface area contributed by atoms with E-state index >= 15 is 0 Å². The summed E-state index contributed by atoms with van der Waals surface area (Å²) >= 11 is 7.83. The molecule has 3 aromatic rings. The van der Waals surface area contributed by atoms with E-state index < -0.39 is 12.0 Å². The molecule has 7 nitrogen and oxygen atoms in total. The summed E-state index contributed by atoms with van der Waals surface area (Å²) in [6.45, 7) is 6.01. The van der Waals surface area contributed by atoms with E-state index in [0.717, 1.165) is 52.8 Å². The summed E-state index contributed by atoms with van der Waals surface area (Å²) in [6, 6.07) is 11.1. The fourth-order valence-electron chi connectivity index (χ4n) is 3.74. The van der Waals surface area contributed by atoms with E-state index in [1.165, 1.54) is 0 Å². The predicted molar refractivity (Wildman–Crippen MR) is 124 cm³/mol. The molecular formula is C22H25ClN4O3S. The molecule has 1 fully saturated rings. The molecule has 1 aromatic heterocycles. The zero-order valence-electron chi connectivity index (χ0n) is 17.3. The van der Waals surface area contributed by atoms with Gasteiger partial charge in [-0.2, -0.15) is 0 Å². The Balaban J connectivity index is 1.25. The molecule has 1 amide bonds. The normalized spacial score (nSPS) is 15.9. The molecule has 1 atom stereocenters. The summed E-state index contributed by atoms with van der Waals surface area (Å²) in [5, 5.41) is 11.8. The highest BCUT2D eigenvalue weighted by Gasteiger charge is 2.21. The van der Waals surface area contributed by atoms with Gasteiger partial charge < -0.3 is 20.5 Å². The molecule has 0 spiro atoms. The van der Waals surface area contributed by atoms with Gasteiger partial charge in [0.2, 0.25) is 5.91 Å². The maximum atomic E-state index is 11.3. The van der Waals surface area contributed by atoms with Crippen molar-refractivity contribution < 1.29 is 14.6 Å². The molecule has 1 saturated heterocycles. The number of anilines is 1. The van der Waals surface area contributed by atoms with E-state index in [9.17, 15) is 9.90 Å². The van der Waals surface area contributed by atoms with Crippen molar-refractivity contribution in [3.63, 3.8) is 0 Å². The summed E-state index contributed by atoms with van der Waals surface area (Å²) < 4.78 is 6.92.